The summed E-state index contributed by atoms with van der Waals surface area (Å²) in [6, 6.07) is 4.00. The van der Waals surface area contributed by atoms with E-state index in [-0.39, 0.29) is 0 Å². The molecule has 21 heavy (non-hydrogen) atoms. The van der Waals surface area contributed by atoms with Gasteiger partial charge < -0.3 is 15.0 Å². The first kappa shape index (κ1) is 14.6. The van der Waals surface area contributed by atoms with E-state index < -0.39 is 5.60 Å². The number of rotatable bonds is 4. The van der Waals surface area contributed by atoms with Crippen LogP contribution in [0.25, 0.3) is 0 Å². The number of H-pyrrole nitrogens is 1. The summed E-state index contributed by atoms with van der Waals surface area (Å²) in [6.07, 6.45) is 6.59. The minimum Gasteiger partial charge on any atom is -0.387 e. The minimum absolute atomic E-state index is 0.564. The van der Waals surface area contributed by atoms with Gasteiger partial charge in [-0.25, -0.2) is 0 Å². The van der Waals surface area contributed by atoms with Crippen molar-refractivity contribution in [2.45, 2.75) is 37.8 Å². The number of likely N-dealkylation sites (tertiary alicyclic amines) is 2. The Labute approximate surface area is 126 Å². The number of β-amino-alcohol motifs (C(OH)–C–C–N with tert-alkyl or cyclic N) is 1. The van der Waals surface area contributed by atoms with Crippen molar-refractivity contribution in [3.05, 3.63) is 23.5 Å². The fourth-order valence-electron chi connectivity index (χ4n) is 3.59. The molecule has 114 valence electrons. The number of nitrogens with zero attached hydrogens (tertiary/aromatic N) is 3. The lowest BCUT2D eigenvalue weighted by Crippen LogP contribution is -2.46. The average Bonchev–Trinajstić information content (AvgIpc) is 3.07. The molecule has 3 rings (SSSR count). The molecule has 0 spiro atoms. The SMILES string of the molecule is N#Cc1cc(CN2CCC(O)(CN3CCCCC3)C2)c[nH]1. The van der Waals surface area contributed by atoms with Crippen LogP contribution in [0.3, 0.4) is 0 Å². The summed E-state index contributed by atoms with van der Waals surface area (Å²) < 4.78 is 0. The Bertz CT molecular complexity index is 515. The largest absolute Gasteiger partial charge is 0.387 e. The zero-order valence-electron chi connectivity index (χ0n) is 12.5. The van der Waals surface area contributed by atoms with E-state index in [2.05, 4.69) is 20.9 Å². The molecular formula is C16H24N4O. The third-order valence-corrected chi connectivity index (χ3v) is 4.65. The normalized spacial score (nSPS) is 27.8. The zero-order chi connectivity index (χ0) is 14.7. The van der Waals surface area contributed by atoms with Gasteiger partial charge in [0.1, 0.15) is 11.8 Å². The van der Waals surface area contributed by atoms with Gasteiger partial charge in [0.25, 0.3) is 0 Å². The first-order valence-corrected chi connectivity index (χ1v) is 7.91. The van der Waals surface area contributed by atoms with Crippen LogP contribution in [0.15, 0.2) is 12.3 Å². The van der Waals surface area contributed by atoms with E-state index in [0.717, 1.165) is 51.3 Å². The molecule has 0 saturated carbocycles. The van der Waals surface area contributed by atoms with Gasteiger partial charge in [-0.05, 0) is 44.0 Å². The number of aliphatic hydroxyl groups is 1. The van der Waals surface area contributed by atoms with E-state index in [0.29, 0.717) is 5.69 Å². The molecule has 2 aliphatic heterocycles. The van der Waals surface area contributed by atoms with Gasteiger partial charge in [0, 0.05) is 32.4 Å². The Morgan fingerprint density at radius 2 is 2.05 bits per heavy atom. The second kappa shape index (κ2) is 6.18. The summed E-state index contributed by atoms with van der Waals surface area (Å²) in [4.78, 5) is 7.66. The van der Waals surface area contributed by atoms with E-state index >= 15 is 0 Å². The Hall–Kier alpha value is -1.35. The van der Waals surface area contributed by atoms with Gasteiger partial charge in [0.2, 0.25) is 0 Å². The summed E-state index contributed by atoms with van der Waals surface area (Å²) in [6.45, 7) is 5.53. The van der Waals surface area contributed by atoms with Crippen molar-refractivity contribution in [2.75, 3.05) is 32.7 Å². The first-order chi connectivity index (χ1) is 10.2. The van der Waals surface area contributed by atoms with Gasteiger partial charge in [0.15, 0.2) is 0 Å². The maximum Gasteiger partial charge on any atom is 0.117 e. The van der Waals surface area contributed by atoms with Gasteiger partial charge in [-0.2, -0.15) is 5.26 Å². The summed E-state index contributed by atoms with van der Waals surface area (Å²) in [5, 5.41) is 19.6. The quantitative estimate of drug-likeness (QED) is 0.876. The fourth-order valence-corrected chi connectivity index (χ4v) is 3.59. The van der Waals surface area contributed by atoms with E-state index in [1.807, 2.05) is 12.3 Å². The summed E-state index contributed by atoms with van der Waals surface area (Å²) in [7, 11) is 0. The van der Waals surface area contributed by atoms with Gasteiger partial charge in [-0.3, -0.25) is 4.90 Å². The topological polar surface area (TPSA) is 66.3 Å². The average molecular weight is 288 g/mol. The molecule has 5 nitrogen and oxygen atoms in total. The Morgan fingerprint density at radius 1 is 1.24 bits per heavy atom. The van der Waals surface area contributed by atoms with Crippen molar-refractivity contribution in [3.63, 3.8) is 0 Å². The molecule has 0 bridgehead atoms. The van der Waals surface area contributed by atoms with Crippen molar-refractivity contribution in [1.82, 2.24) is 14.8 Å². The van der Waals surface area contributed by atoms with Gasteiger partial charge in [-0.1, -0.05) is 6.42 Å². The second-order valence-corrected chi connectivity index (χ2v) is 6.56. The zero-order valence-corrected chi connectivity index (χ0v) is 12.5. The van der Waals surface area contributed by atoms with E-state index in [9.17, 15) is 5.11 Å². The number of hydrogen-bond acceptors (Lipinski definition) is 4. The minimum atomic E-state index is -0.564. The van der Waals surface area contributed by atoms with Gasteiger partial charge in [0.05, 0.1) is 5.60 Å². The van der Waals surface area contributed by atoms with Gasteiger partial charge in [-0.15, -0.1) is 0 Å². The molecule has 1 aromatic heterocycles. The molecule has 0 aliphatic carbocycles. The highest BCUT2D eigenvalue weighted by atomic mass is 16.3. The molecule has 5 heteroatoms. The van der Waals surface area contributed by atoms with Crippen molar-refractivity contribution >= 4 is 0 Å². The highest BCUT2D eigenvalue weighted by molar-refractivity contribution is 5.26. The number of hydrogen-bond donors (Lipinski definition) is 2. The van der Waals surface area contributed by atoms with Crippen LogP contribution in [0, 0.1) is 11.3 Å². The van der Waals surface area contributed by atoms with Crippen LogP contribution >= 0.6 is 0 Å². The summed E-state index contributed by atoms with van der Waals surface area (Å²) in [5.74, 6) is 0. The second-order valence-electron chi connectivity index (χ2n) is 6.56. The van der Waals surface area contributed by atoms with Crippen LogP contribution in [0.5, 0.6) is 0 Å². The summed E-state index contributed by atoms with van der Waals surface area (Å²) in [5.41, 5.74) is 1.16. The van der Waals surface area contributed by atoms with Crippen LogP contribution in [0.4, 0.5) is 0 Å². The monoisotopic (exact) mass is 288 g/mol. The Kier molecular flexibility index (Phi) is 4.29. The van der Waals surface area contributed by atoms with Crippen molar-refractivity contribution < 1.29 is 5.11 Å². The van der Waals surface area contributed by atoms with E-state index in [4.69, 9.17) is 5.26 Å². The summed E-state index contributed by atoms with van der Waals surface area (Å²) >= 11 is 0. The lowest BCUT2D eigenvalue weighted by molar-refractivity contribution is 0.00635. The lowest BCUT2D eigenvalue weighted by Gasteiger charge is -2.33. The highest BCUT2D eigenvalue weighted by Gasteiger charge is 2.37. The maximum atomic E-state index is 10.8. The molecule has 2 aliphatic rings. The predicted molar refractivity (Wildman–Crippen MR) is 80.6 cm³/mol. The number of aromatic amines is 1. The molecule has 0 amide bonds. The molecule has 2 N–H and O–H groups in total. The van der Waals surface area contributed by atoms with E-state index in [1.54, 1.807) is 0 Å². The van der Waals surface area contributed by atoms with Crippen LogP contribution < -0.4 is 0 Å². The van der Waals surface area contributed by atoms with Crippen LogP contribution in [0.2, 0.25) is 0 Å². The Balaban J connectivity index is 1.53. The highest BCUT2D eigenvalue weighted by Crippen LogP contribution is 2.25. The number of aromatic nitrogens is 1. The van der Waals surface area contributed by atoms with Crippen LogP contribution in [0.1, 0.15) is 36.9 Å². The smallest absolute Gasteiger partial charge is 0.117 e. The van der Waals surface area contributed by atoms with Gasteiger partial charge >= 0.3 is 0 Å². The maximum absolute atomic E-state index is 10.8. The number of nitriles is 1. The third kappa shape index (κ3) is 3.65. The fraction of sp³-hybridized carbons (Fsp3) is 0.688. The molecule has 0 aromatic carbocycles. The molecule has 3 heterocycles. The Morgan fingerprint density at radius 3 is 2.76 bits per heavy atom. The van der Waals surface area contributed by atoms with Crippen LogP contribution in [-0.2, 0) is 6.54 Å². The predicted octanol–water partition coefficient (Wildman–Crippen LogP) is 1.31. The molecule has 1 aromatic rings. The van der Waals surface area contributed by atoms with E-state index in [1.165, 1.54) is 19.3 Å². The molecule has 0 radical (unpaired) electrons. The lowest BCUT2D eigenvalue weighted by atomic mass is 10.0. The first-order valence-electron chi connectivity index (χ1n) is 7.91. The standard InChI is InChI=1S/C16H24N4O/c17-9-15-8-14(10-18-15)11-20-7-4-16(21,13-20)12-19-5-2-1-3-6-19/h8,10,18,21H,1-7,11-13H2. The molecule has 2 fully saturated rings. The molecular weight excluding hydrogens is 264 g/mol. The van der Waals surface area contributed by atoms with Crippen LogP contribution in [-0.4, -0.2) is 58.2 Å². The number of nitrogens with one attached hydrogen (secondary N) is 1. The van der Waals surface area contributed by atoms with Crippen molar-refractivity contribution in [2.24, 2.45) is 0 Å². The van der Waals surface area contributed by atoms with Crippen molar-refractivity contribution in [1.29, 1.82) is 5.26 Å². The molecule has 1 atom stereocenters. The molecule has 2 saturated heterocycles. The number of piperidine rings is 1. The molecule has 1 unspecified atom stereocenters. The van der Waals surface area contributed by atoms with Crippen molar-refractivity contribution in [3.8, 4) is 6.07 Å². The third-order valence-electron chi connectivity index (χ3n) is 4.65.